The first-order chi connectivity index (χ1) is 8.54. The number of phenolic OH excluding ortho intramolecular Hbond substituents is 4. The molecule has 0 aliphatic carbocycles. The van der Waals surface area contributed by atoms with Crippen molar-refractivity contribution in [2.45, 2.75) is 6.42 Å². The lowest BCUT2D eigenvalue weighted by Crippen LogP contribution is -2.03. The topological polar surface area (TPSA) is 90.2 Å². The minimum atomic E-state index is -0.192. The SMILES string of the molecule is Oc1cc(O)c2c(c1)Cc1cc(O)cc(O)c1O2. The fourth-order valence-electron chi connectivity index (χ4n) is 2.12. The molecule has 0 amide bonds. The summed E-state index contributed by atoms with van der Waals surface area (Å²) in [5.74, 6) is -0.0980. The highest BCUT2D eigenvalue weighted by atomic mass is 16.5. The van der Waals surface area contributed by atoms with E-state index in [4.69, 9.17) is 4.74 Å². The molecule has 1 aliphatic rings. The number of hydrogen-bond acceptors (Lipinski definition) is 5. The standard InChI is InChI=1S/C13H10O5/c14-8-2-6-1-7-3-9(15)5-11(17)13(7)18-12(6)10(16)4-8/h2-5,14-17H,1H2. The molecule has 5 heteroatoms. The fraction of sp³-hybridized carbons (Fsp3) is 0.0769. The number of hydrogen-bond donors (Lipinski definition) is 4. The van der Waals surface area contributed by atoms with Gasteiger partial charge in [-0.05, 0) is 12.1 Å². The molecule has 18 heavy (non-hydrogen) atoms. The Morgan fingerprint density at radius 3 is 1.61 bits per heavy atom. The Hall–Kier alpha value is -2.56. The van der Waals surface area contributed by atoms with Crippen LogP contribution in [0.25, 0.3) is 0 Å². The van der Waals surface area contributed by atoms with Crippen molar-refractivity contribution in [3.8, 4) is 34.5 Å². The lowest BCUT2D eigenvalue weighted by Gasteiger charge is -2.22. The van der Waals surface area contributed by atoms with Crippen LogP contribution >= 0.6 is 0 Å². The molecule has 92 valence electrons. The van der Waals surface area contributed by atoms with Gasteiger partial charge in [0.1, 0.15) is 11.5 Å². The number of ether oxygens (including phenoxy) is 1. The molecule has 1 heterocycles. The van der Waals surface area contributed by atoms with E-state index in [-0.39, 0.29) is 34.5 Å². The highest BCUT2D eigenvalue weighted by molar-refractivity contribution is 5.62. The zero-order chi connectivity index (χ0) is 12.9. The van der Waals surface area contributed by atoms with Crippen molar-refractivity contribution in [2.24, 2.45) is 0 Å². The van der Waals surface area contributed by atoms with E-state index in [1.54, 1.807) is 0 Å². The Kier molecular flexibility index (Phi) is 2.04. The monoisotopic (exact) mass is 246 g/mol. The maximum absolute atomic E-state index is 9.69. The molecule has 2 aromatic rings. The van der Waals surface area contributed by atoms with Crippen molar-refractivity contribution in [1.29, 1.82) is 0 Å². The van der Waals surface area contributed by atoms with Gasteiger partial charge in [0.25, 0.3) is 0 Å². The van der Waals surface area contributed by atoms with Crippen molar-refractivity contribution >= 4 is 0 Å². The molecule has 2 aromatic carbocycles. The molecule has 0 aromatic heterocycles. The molecular formula is C13H10O5. The quantitative estimate of drug-likeness (QED) is 0.488. The van der Waals surface area contributed by atoms with Crippen LogP contribution in [0.15, 0.2) is 24.3 Å². The molecule has 0 bridgehead atoms. The molecule has 4 N–H and O–H groups in total. The van der Waals surface area contributed by atoms with Gasteiger partial charge in [0.05, 0.1) is 0 Å². The molecule has 0 atom stereocenters. The average Bonchev–Trinajstić information content (AvgIpc) is 2.26. The molecule has 1 aliphatic heterocycles. The van der Waals surface area contributed by atoms with E-state index in [2.05, 4.69) is 0 Å². The Balaban J connectivity index is 2.18. The first-order valence-corrected chi connectivity index (χ1v) is 5.32. The van der Waals surface area contributed by atoms with E-state index in [9.17, 15) is 20.4 Å². The van der Waals surface area contributed by atoms with Gasteiger partial charge in [0.2, 0.25) is 0 Å². The van der Waals surface area contributed by atoms with Gasteiger partial charge in [-0.1, -0.05) is 0 Å². The summed E-state index contributed by atoms with van der Waals surface area (Å²) in [6.45, 7) is 0. The first-order valence-electron chi connectivity index (χ1n) is 5.32. The summed E-state index contributed by atoms with van der Waals surface area (Å²) < 4.78 is 5.43. The normalized spacial score (nSPS) is 12.4. The Labute approximate surface area is 102 Å². The summed E-state index contributed by atoms with van der Waals surface area (Å²) in [5.41, 5.74) is 1.18. The molecule has 0 saturated heterocycles. The maximum Gasteiger partial charge on any atom is 0.173 e. The van der Waals surface area contributed by atoms with Gasteiger partial charge in [-0.25, -0.2) is 0 Å². The highest BCUT2D eigenvalue weighted by Gasteiger charge is 2.24. The Morgan fingerprint density at radius 1 is 0.722 bits per heavy atom. The second kappa shape index (κ2) is 3.46. The second-order valence-corrected chi connectivity index (χ2v) is 4.19. The molecule has 0 spiro atoms. The first kappa shape index (κ1) is 10.6. The molecular weight excluding hydrogens is 236 g/mol. The van der Waals surface area contributed by atoms with E-state index in [1.165, 1.54) is 24.3 Å². The second-order valence-electron chi connectivity index (χ2n) is 4.19. The van der Waals surface area contributed by atoms with Crippen molar-refractivity contribution in [2.75, 3.05) is 0 Å². The predicted molar refractivity (Wildman–Crippen MR) is 62.4 cm³/mol. The molecule has 0 saturated carbocycles. The van der Waals surface area contributed by atoms with Crippen molar-refractivity contribution < 1.29 is 25.2 Å². The fourth-order valence-corrected chi connectivity index (χ4v) is 2.12. The van der Waals surface area contributed by atoms with Gasteiger partial charge < -0.3 is 25.2 Å². The minimum absolute atomic E-state index is 0.0670. The highest BCUT2D eigenvalue weighted by Crippen LogP contribution is 2.48. The van der Waals surface area contributed by atoms with Gasteiger partial charge in [-0.15, -0.1) is 0 Å². The number of rotatable bonds is 0. The molecule has 5 nitrogen and oxygen atoms in total. The summed E-state index contributed by atoms with van der Waals surface area (Å²) in [6.07, 6.45) is 0.342. The van der Waals surface area contributed by atoms with Gasteiger partial charge in [0.15, 0.2) is 23.0 Å². The number of phenols is 4. The maximum atomic E-state index is 9.69. The van der Waals surface area contributed by atoms with Gasteiger partial charge >= 0.3 is 0 Å². The zero-order valence-electron chi connectivity index (χ0n) is 9.21. The van der Waals surface area contributed by atoms with Crippen molar-refractivity contribution in [3.05, 3.63) is 35.4 Å². The third-order valence-electron chi connectivity index (χ3n) is 2.85. The summed E-state index contributed by atoms with van der Waals surface area (Å²) in [7, 11) is 0. The number of benzene rings is 2. The van der Waals surface area contributed by atoms with Gasteiger partial charge in [-0.3, -0.25) is 0 Å². The third kappa shape index (κ3) is 1.48. The van der Waals surface area contributed by atoms with Crippen LogP contribution < -0.4 is 4.74 Å². The molecule has 0 fully saturated rings. The van der Waals surface area contributed by atoms with Gasteiger partial charge in [-0.2, -0.15) is 0 Å². The van der Waals surface area contributed by atoms with Crippen LogP contribution in [0.2, 0.25) is 0 Å². The summed E-state index contributed by atoms with van der Waals surface area (Å²) in [4.78, 5) is 0. The number of fused-ring (bicyclic) bond motifs is 2. The lowest BCUT2D eigenvalue weighted by atomic mass is 9.99. The average molecular weight is 246 g/mol. The van der Waals surface area contributed by atoms with Crippen molar-refractivity contribution in [1.82, 2.24) is 0 Å². The van der Waals surface area contributed by atoms with E-state index < -0.39 is 0 Å². The largest absolute Gasteiger partial charge is 0.508 e. The predicted octanol–water partition coefficient (Wildman–Crippen LogP) is 2.21. The van der Waals surface area contributed by atoms with Crippen LogP contribution in [-0.4, -0.2) is 20.4 Å². The van der Waals surface area contributed by atoms with E-state index >= 15 is 0 Å². The zero-order valence-corrected chi connectivity index (χ0v) is 9.21. The van der Waals surface area contributed by atoms with Crippen LogP contribution in [0, 0.1) is 0 Å². The summed E-state index contributed by atoms with van der Waals surface area (Å²) >= 11 is 0. The molecule has 0 unspecified atom stereocenters. The summed E-state index contributed by atoms with van der Waals surface area (Å²) in [6, 6.07) is 5.28. The van der Waals surface area contributed by atoms with Gasteiger partial charge in [0, 0.05) is 29.7 Å². The van der Waals surface area contributed by atoms with E-state index in [0.717, 1.165) is 0 Å². The van der Waals surface area contributed by atoms with E-state index in [1.807, 2.05) is 0 Å². The summed E-state index contributed by atoms with van der Waals surface area (Å²) in [5, 5.41) is 38.2. The van der Waals surface area contributed by atoms with Crippen LogP contribution in [-0.2, 0) is 6.42 Å². The molecule has 3 rings (SSSR count). The Morgan fingerprint density at radius 2 is 1.17 bits per heavy atom. The Bertz CT molecular complexity index is 593. The minimum Gasteiger partial charge on any atom is -0.508 e. The van der Waals surface area contributed by atoms with Crippen LogP contribution in [0.4, 0.5) is 0 Å². The smallest absolute Gasteiger partial charge is 0.173 e. The van der Waals surface area contributed by atoms with Crippen molar-refractivity contribution in [3.63, 3.8) is 0 Å². The third-order valence-corrected chi connectivity index (χ3v) is 2.85. The number of aromatic hydroxyl groups is 4. The molecule has 0 radical (unpaired) electrons. The van der Waals surface area contributed by atoms with Crippen LogP contribution in [0.1, 0.15) is 11.1 Å². The lowest BCUT2D eigenvalue weighted by molar-refractivity contribution is 0.366. The van der Waals surface area contributed by atoms with Crippen LogP contribution in [0.5, 0.6) is 34.5 Å². The van der Waals surface area contributed by atoms with E-state index in [0.29, 0.717) is 17.5 Å². The van der Waals surface area contributed by atoms with Crippen LogP contribution in [0.3, 0.4) is 0 Å².